The number of aliphatic imine (C=N–C) groups is 1. The minimum atomic E-state index is -0.408. The zero-order chi connectivity index (χ0) is 24.7. The third-order valence-electron chi connectivity index (χ3n) is 6.08. The molecule has 2 aromatic carbocycles. The highest BCUT2D eigenvalue weighted by Gasteiger charge is 2.37. The van der Waals surface area contributed by atoms with Crippen molar-refractivity contribution in [1.82, 2.24) is 9.47 Å². The number of hydrogen-bond donors (Lipinski definition) is 1. The van der Waals surface area contributed by atoms with Gasteiger partial charge in [-0.15, -0.1) is 0 Å². The highest BCUT2D eigenvalue weighted by atomic mass is 32.2. The summed E-state index contributed by atoms with van der Waals surface area (Å²) in [6.45, 7) is 8.28. The molecule has 0 fully saturated rings. The number of fused-ring (bicyclic) bond motifs is 1. The van der Waals surface area contributed by atoms with Crippen molar-refractivity contribution in [3.05, 3.63) is 93.8 Å². The molecule has 1 aromatic heterocycles. The van der Waals surface area contributed by atoms with Crippen LogP contribution in [0.3, 0.4) is 0 Å². The Kier molecular flexibility index (Phi) is 6.25. The van der Waals surface area contributed by atoms with Gasteiger partial charge >= 0.3 is 0 Å². The van der Waals surface area contributed by atoms with Crippen molar-refractivity contribution in [3.63, 3.8) is 0 Å². The van der Waals surface area contributed by atoms with E-state index in [1.807, 2.05) is 25.1 Å². The zero-order valence-corrected chi connectivity index (χ0v) is 21.6. The van der Waals surface area contributed by atoms with Crippen LogP contribution in [-0.2, 0) is 10.5 Å². The average Bonchev–Trinajstić information content (AvgIpc) is 3.37. The van der Waals surface area contributed by atoms with E-state index in [9.17, 15) is 4.79 Å². The van der Waals surface area contributed by atoms with Crippen molar-refractivity contribution >= 4 is 51.9 Å². The van der Waals surface area contributed by atoms with Gasteiger partial charge < -0.3 is 4.57 Å². The third kappa shape index (κ3) is 4.39. The van der Waals surface area contributed by atoms with Gasteiger partial charge in [-0.1, -0.05) is 54.2 Å². The first-order valence-electron chi connectivity index (χ1n) is 11.3. The molecule has 3 heterocycles. The van der Waals surface area contributed by atoms with Crippen LogP contribution in [0.1, 0.15) is 33.6 Å². The molecule has 0 spiro atoms. The first-order chi connectivity index (χ1) is 16.8. The van der Waals surface area contributed by atoms with Crippen LogP contribution >= 0.6 is 23.7 Å². The van der Waals surface area contributed by atoms with E-state index in [0.717, 1.165) is 40.3 Å². The van der Waals surface area contributed by atoms with Gasteiger partial charge in [0.15, 0.2) is 5.17 Å². The molecule has 35 heavy (non-hydrogen) atoms. The van der Waals surface area contributed by atoms with Gasteiger partial charge in [0, 0.05) is 22.8 Å². The van der Waals surface area contributed by atoms with E-state index in [1.54, 1.807) is 11.0 Å². The number of carbonyl (C=O) groups is 1. The summed E-state index contributed by atoms with van der Waals surface area (Å²) in [5, 5.41) is 9.97. The van der Waals surface area contributed by atoms with E-state index in [0.29, 0.717) is 10.3 Å². The molecule has 0 unspecified atom stereocenters. The van der Waals surface area contributed by atoms with Gasteiger partial charge in [0.05, 0.1) is 17.5 Å². The van der Waals surface area contributed by atoms with Crippen molar-refractivity contribution in [2.45, 2.75) is 33.4 Å². The van der Waals surface area contributed by atoms with Gasteiger partial charge in [-0.2, -0.15) is 9.39 Å². The number of rotatable bonds is 4. The summed E-state index contributed by atoms with van der Waals surface area (Å²) in [5.41, 5.74) is 7.92. The predicted molar refractivity (Wildman–Crippen MR) is 147 cm³/mol. The fraction of sp³-hybridized carbons (Fsp3) is 0.185. The summed E-state index contributed by atoms with van der Waals surface area (Å²) in [4.78, 5) is 18.8. The zero-order valence-electron chi connectivity index (χ0n) is 20.0. The topological polar surface area (TPSA) is 73.8 Å². The molecular formula is C27H25N5OS2. The van der Waals surface area contributed by atoms with Crippen LogP contribution in [0, 0.1) is 33.1 Å². The molecule has 6 nitrogen and oxygen atoms in total. The smallest absolute Gasteiger partial charge is 0.283 e. The Morgan fingerprint density at radius 3 is 2.60 bits per heavy atom. The molecule has 176 valence electrons. The molecule has 3 aromatic rings. The first kappa shape index (κ1) is 23.4. The molecule has 8 heteroatoms. The SMILES string of the molecule is Cc1ccc(C)c(-n2c(C)cc(/C=C3/C(=N)N4C(SCc5ccccc5)=NSC4=NC3=O)c2C)c1. The molecule has 0 atom stereocenters. The van der Waals surface area contributed by atoms with Gasteiger partial charge in [-0.25, -0.2) is 4.90 Å². The van der Waals surface area contributed by atoms with E-state index in [4.69, 9.17) is 5.41 Å². The summed E-state index contributed by atoms with van der Waals surface area (Å²) >= 11 is 2.68. The molecule has 0 bridgehead atoms. The van der Waals surface area contributed by atoms with Crippen LogP contribution < -0.4 is 0 Å². The van der Waals surface area contributed by atoms with E-state index in [1.165, 1.54) is 28.5 Å². The van der Waals surface area contributed by atoms with Gasteiger partial charge in [-0.3, -0.25) is 10.2 Å². The standard InChI is InChI=1S/C27H25N5OS2/c1-16-10-11-17(2)23(12-16)31-18(3)13-21(19(31)4)14-22-24(28)32-26(29-25(22)33)35-30-27(32)34-15-20-8-6-5-7-9-20/h5-14,28H,15H2,1-4H3/b22-14-,28-24?. The number of amides is 1. The van der Waals surface area contributed by atoms with E-state index in [-0.39, 0.29) is 11.4 Å². The van der Waals surface area contributed by atoms with Crippen molar-refractivity contribution < 1.29 is 4.79 Å². The lowest BCUT2D eigenvalue weighted by Gasteiger charge is -2.24. The maximum absolute atomic E-state index is 12.9. The van der Waals surface area contributed by atoms with Gasteiger partial charge in [0.25, 0.3) is 5.91 Å². The maximum atomic E-state index is 12.9. The Labute approximate surface area is 213 Å². The number of nitrogens with one attached hydrogen (secondary N) is 1. The summed E-state index contributed by atoms with van der Waals surface area (Å²) < 4.78 is 6.69. The first-order valence-corrected chi connectivity index (χ1v) is 13.0. The average molecular weight is 500 g/mol. The Morgan fingerprint density at radius 2 is 1.83 bits per heavy atom. The summed E-state index contributed by atoms with van der Waals surface area (Å²) in [6, 6.07) is 18.6. The number of hydrogen-bond acceptors (Lipinski definition) is 5. The second kappa shape index (κ2) is 9.36. The van der Waals surface area contributed by atoms with Gasteiger partial charge in [0.1, 0.15) is 5.84 Å². The molecule has 2 aliphatic rings. The number of amidine groups is 3. The van der Waals surface area contributed by atoms with Crippen LogP contribution in [0.5, 0.6) is 0 Å². The lowest BCUT2D eigenvalue weighted by Crippen LogP contribution is -2.41. The van der Waals surface area contributed by atoms with Gasteiger partial charge in [0.2, 0.25) is 5.17 Å². The highest BCUT2D eigenvalue weighted by Crippen LogP contribution is 2.34. The van der Waals surface area contributed by atoms with Crippen LogP contribution in [0.4, 0.5) is 0 Å². The van der Waals surface area contributed by atoms with Crippen LogP contribution in [-0.4, -0.2) is 31.5 Å². The van der Waals surface area contributed by atoms with E-state index >= 15 is 0 Å². The molecule has 0 aliphatic carbocycles. The molecule has 2 aliphatic heterocycles. The third-order valence-corrected chi connectivity index (χ3v) is 7.91. The Balaban J connectivity index is 1.46. The Hall–Kier alpha value is -3.36. The second-order valence-corrected chi connectivity index (χ2v) is 10.3. The minimum absolute atomic E-state index is 0.112. The summed E-state index contributed by atoms with van der Waals surface area (Å²) in [6.07, 6.45) is 1.79. The van der Waals surface area contributed by atoms with Crippen molar-refractivity contribution in [2.24, 2.45) is 9.39 Å². The minimum Gasteiger partial charge on any atom is -0.318 e. The Bertz CT molecular complexity index is 1450. The summed E-state index contributed by atoms with van der Waals surface area (Å²) in [7, 11) is 0. The lowest BCUT2D eigenvalue weighted by atomic mass is 10.1. The van der Waals surface area contributed by atoms with Crippen LogP contribution in [0.25, 0.3) is 11.8 Å². The number of nitrogens with zero attached hydrogens (tertiary/aromatic N) is 4. The summed E-state index contributed by atoms with van der Waals surface area (Å²) in [5.74, 6) is 0.428. The number of aromatic nitrogens is 1. The molecule has 0 saturated heterocycles. The number of carbonyl (C=O) groups excluding carboxylic acids is 1. The molecule has 5 rings (SSSR count). The number of benzene rings is 2. The van der Waals surface area contributed by atoms with E-state index < -0.39 is 5.91 Å². The molecule has 0 radical (unpaired) electrons. The molecular weight excluding hydrogens is 474 g/mol. The lowest BCUT2D eigenvalue weighted by molar-refractivity contribution is -0.114. The van der Waals surface area contributed by atoms with Crippen LogP contribution in [0.2, 0.25) is 0 Å². The predicted octanol–water partition coefficient (Wildman–Crippen LogP) is 6.22. The fourth-order valence-corrected chi connectivity index (χ4v) is 6.04. The fourth-order valence-electron chi connectivity index (χ4n) is 4.24. The number of aryl methyl sites for hydroxylation is 3. The van der Waals surface area contributed by atoms with Crippen LogP contribution in [0.15, 0.2) is 69.6 Å². The monoisotopic (exact) mass is 499 g/mol. The normalized spacial score (nSPS) is 16.6. The largest absolute Gasteiger partial charge is 0.318 e. The van der Waals surface area contributed by atoms with Crippen molar-refractivity contribution in [1.29, 1.82) is 5.41 Å². The highest BCUT2D eigenvalue weighted by molar-refractivity contribution is 8.18. The number of thioether (sulfide) groups is 1. The molecule has 1 amide bonds. The maximum Gasteiger partial charge on any atom is 0.283 e. The molecule has 1 N–H and O–H groups in total. The quantitative estimate of drug-likeness (QED) is 0.342. The van der Waals surface area contributed by atoms with E-state index in [2.05, 4.69) is 71.1 Å². The Morgan fingerprint density at radius 1 is 1.06 bits per heavy atom. The van der Waals surface area contributed by atoms with Crippen molar-refractivity contribution in [3.8, 4) is 5.69 Å². The van der Waals surface area contributed by atoms with Gasteiger partial charge in [-0.05, 0) is 68.2 Å². The van der Waals surface area contributed by atoms with Crippen molar-refractivity contribution in [2.75, 3.05) is 0 Å². The second-order valence-electron chi connectivity index (χ2n) is 8.63. The molecule has 0 saturated carbocycles.